The minimum atomic E-state index is -0.260. The van der Waals surface area contributed by atoms with Gasteiger partial charge in [0, 0.05) is 17.9 Å². The van der Waals surface area contributed by atoms with Crippen molar-refractivity contribution in [1.29, 1.82) is 5.26 Å². The molecular formula is C20H20N3O3S+. The average Bonchev–Trinajstić information content (AvgIpc) is 3.21. The molecule has 0 aliphatic carbocycles. The van der Waals surface area contributed by atoms with E-state index in [2.05, 4.69) is 6.07 Å². The van der Waals surface area contributed by atoms with Crippen molar-refractivity contribution in [3.05, 3.63) is 64.6 Å². The molecule has 1 unspecified atom stereocenters. The van der Waals surface area contributed by atoms with Crippen molar-refractivity contribution < 1.29 is 18.8 Å². The van der Waals surface area contributed by atoms with Gasteiger partial charge in [0.15, 0.2) is 12.4 Å². The standard InChI is InChI=1S/C20H19N3O3S/c1-25-18-7-3-2-6-15(18)16-9-19(24)23-12-22(11-14-5-4-8-26-14)13-27-20(23)17(16)10-21/h2-8,16H,9,11-13H2,1H3/p+1/t16-/m0/s1. The molecule has 1 fully saturated rings. The van der Waals surface area contributed by atoms with Crippen LogP contribution in [0.25, 0.3) is 0 Å². The lowest BCUT2D eigenvalue weighted by Crippen LogP contribution is -3.12. The highest BCUT2D eigenvalue weighted by molar-refractivity contribution is 8.02. The Morgan fingerprint density at radius 3 is 2.96 bits per heavy atom. The summed E-state index contributed by atoms with van der Waals surface area (Å²) in [6, 6.07) is 13.8. The summed E-state index contributed by atoms with van der Waals surface area (Å²) in [7, 11) is 1.61. The van der Waals surface area contributed by atoms with Crippen LogP contribution in [0.1, 0.15) is 23.7 Å². The van der Waals surface area contributed by atoms with Crippen molar-refractivity contribution in [3.63, 3.8) is 0 Å². The van der Waals surface area contributed by atoms with E-state index >= 15 is 0 Å². The van der Waals surface area contributed by atoms with E-state index in [1.807, 2.05) is 36.4 Å². The molecule has 2 atom stereocenters. The number of carbonyl (C=O) groups is 1. The number of nitriles is 1. The third-order valence-corrected chi connectivity index (χ3v) is 6.20. The molecule has 1 aromatic heterocycles. The number of rotatable bonds is 4. The molecule has 3 heterocycles. The molecule has 1 N–H and O–H groups in total. The molecule has 2 aliphatic rings. The zero-order chi connectivity index (χ0) is 18.8. The topological polar surface area (TPSA) is 70.9 Å². The molecule has 1 aromatic carbocycles. The van der Waals surface area contributed by atoms with Crippen LogP contribution in [0.2, 0.25) is 0 Å². The first-order valence-electron chi connectivity index (χ1n) is 8.77. The van der Waals surface area contributed by atoms with Gasteiger partial charge in [-0.1, -0.05) is 18.2 Å². The number of hydrogen-bond donors (Lipinski definition) is 1. The lowest BCUT2D eigenvalue weighted by atomic mass is 9.86. The Morgan fingerprint density at radius 1 is 1.37 bits per heavy atom. The lowest BCUT2D eigenvalue weighted by Gasteiger charge is -2.38. The summed E-state index contributed by atoms with van der Waals surface area (Å²) in [6.07, 6.45) is 1.94. The van der Waals surface area contributed by atoms with Crippen LogP contribution in [-0.2, 0) is 11.3 Å². The highest BCUT2D eigenvalue weighted by Crippen LogP contribution is 2.43. The number of nitrogens with zero attached hydrogens (tertiary/aromatic N) is 2. The molecule has 138 valence electrons. The number of nitrogens with one attached hydrogen (secondary N) is 1. The Labute approximate surface area is 162 Å². The second kappa shape index (κ2) is 7.51. The van der Waals surface area contributed by atoms with Gasteiger partial charge in [-0.3, -0.25) is 9.69 Å². The summed E-state index contributed by atoms with van der Waals surface area (Å²) in [4.78, 5) is 15.9. The number of quaternary nitrogens is 1. The first-order chi connectivity index (χ1) is 13.2. The predicted molar refractivity (Wildman–Crippen MR) is 101 cm³/mol. The number of thioether (sulfide) groups is 1. The molecule has 4 rings (SSSR count). The number of allylic oxidation sites excluding steroid dienone is 1. The van der Waals surface area contributed by atoms with Gasteiger partial charge >= 0.3 is 0 Å². The molecule has 0 saturated carbocycles. The molecule has 0 radical (unpaired) electrons. The fourth-order valence-electron chi connectivity index (χ4n) is 3.66. The summed E-state index contributed by atoms with van der Waals surface area (Å²) in [5.41, 5.74) is 1.55. The maximum atomic E-state index is 12.9. The number of furan rings is 1. The maximum Gasteiger partial charge on any atom is 0.232 e. The molecule has 7 heteroatoms. The second-order valence-electron chi connectivity index (χ2n) is 6.60. The van der Waals surface area contributed by atoms with Gasteiger partial charge in [-0.15, -0.1) is 0 Å². The molecule has 6 nitrogen and oxygen atoms in total. The number of methoxy groups -OCH3 is 1. The molecular weight excluding hydrogens is 362 g/mol. The van der Waals surface area contributed by atoms with Gasteiger partial charge < -0.3 is 14.1 Å². The summed E-state index contributed by atoms with van der Waals surface area (Å²) in [5.74, 6) is 2.18. The monoisotopic (exact) mass is 382 g/mol. The van der Waals surface area contributed by atoms with Crippen molar-refractivity contribution in [2.45, 2.75) is 18.9 Å². The molecule has 2 aromatic rings. The van der Waals surface area contributed by atoms with E-state index in [1.165, 1.54) is 4.90 Å². The fourth-order valence-corrected chi connectivity index (χ4v) is 4.86. The van der Waals surface area contributed by atoms with Crippen LogP contribution in [-0.4, -0.2) is 30.5 Å². The Balaban J connectivity index is 1.64. The van der Waals surface area contributed by atoms with E-state index in [9.17, 15) is 10.1 Å². The van der Waals surface area contributed by atoms with Crippen molar-refractivity contribution >= 4 is 17.7 Å². The maximum absolute atomic E-state index is 12.9. The minimum Gasteiger partial charge on any atom is -0.496 e. The Morgan fingerprint density at radius 2 is 2.22 bits per heavy atom. The third kappa shape index (κ3) is 3.34. The van der Waals surface area contributed by atoms with Crippen molar-refractivity contribution in [1.82, 2.24) is 4.90 Å². The lowest BCUT2D eigenvalue weighted by molar-refractivity contribution is -0.911. The number of amides is 1. The molecule has 1 saturated heterocycles. The predicted octanol–water partition coefficient (Wildman–Crippen LogP) is 2.09. The van der Waals surface area contributed by atoms with Gasteiger partial charge in [-0.05, 0) is 30.0 Å². The zero-order valence-corrected chi connectivity index (χ0v) is 15.8. The smallest absolute Gasteiger partial charge is 0.232 e. The zero-order valence-electron chi connectivity index (χ0n) is 15.0. The van der Waals surface area contributed by atoms with E-state index in [0.29, 0.717) is 18.0 Å². The van der Waals surface area contributed by atoms with Crippen LogP contribution in [0.5, 0.6) is 5.75 Å². The third-order valence-electron chi connectivity index (χ3n) is 4.94. The van der Waals surface area contributed by atoms with Gasteiger partial charge in [0.25, 0.3) is 0 Å². The number of carbonyl (C=O) groups excluding carboxylic acids is 1. The molecule has 1 amide bonds. The van der Waals surface area contributed by atoms with Gasteiger partial charge in [0.05, 0.1) is 25.0 Å². The van der Waals surface area contributed by atoms with E-state index in [0.717, 1.165) is 28.8 Å². The van der Waals surface area contributed by atoms with Crippen molar-refractivity contribution in [3.8, 4) is 11.8 Å². The average molecular weight is 382 g/mol. The SMILES string of the molecule is COc1ccccc1[C@@H]1CC(=O)N2C[NH+](Cc3ccco3)CSC2=C1C#N. The highest BCUT2D eigenvalue weighted by Gasteiger charge is 2.40. The van der Waals surface area contributed by atoms with Gasteiger partial charge in [-0.2, -0.15) is 5.26 Å². The van der Waals surface area contributed by atoms with Crippen LogP contribution in [0.15, 0.2) is 57.7 Å². The number of fused-ring (bicyclic) bond motifs is 1. The highest BCUT2D eigenvalue weighted by atomic mass is 32.2. The summed E-state index contributed by atoms with van der Waals surface area (Å²) >= 11 is 1.57. The van der Waals surface area contributed by atoms with Gasteiger partial charge in [0.2, 0.25) is 5.91 Å². The quantitative estimate of drug-likeness (QED) is 0.877. The number of ether oxygens (including phenoxy) is 1. The summed E-state index contributed by atoms with van der Waals surface area (Å²) < 4.78 is 10.9. The fraction of sp³-hybridized carbons (Fsp3) is 0.300. The summed E-state index contributed by atoms with van der Waals surface area (Å²) in [5, 5.41) is 10.6. The van der Waals surface area contributed by atoms with Crippen LogP contribution in [0.4, 0.5) is 0 Å². The first-order valence-corrected chi connectivity index (χ1v) is 9.76. The van der Waals surface area contributed by atoms with Crippen LogP contribution in [0, 0.1) is 11.3 Å². The number of benzene rings is 1. The van der Waals surface area contributed by atoms with E-state index in [-0.39, 0.29) is 18.2 Å². The Hall–Kier alpha value is -2.69. The molecule has 0 spiro atoms. The minimum absolute atomic E-state index is 0.0454. The van der Waals surface area contributed by atoms with Crippen molar-refractivity contribution in [2.24, 2.45) is 0 Å². The second-order valence-corrected chi connectivity index (χ2v) is 7.57. The van der Waals surface area contributed by atoms with E-state index in [4.69, 9.17) is 9.15 Å². The number of para-hydroxylation sites is 1. The van der Waals surface area contributed by atoms with Crippen LogP contribution in [0.3, 0.4) is 0 Å². The molecule has 2 aliphatic heterocycles. The van der Waals surface area contributed by atoms with E-state index < -0.39 is 0 Å². The van der Waals surface area contributed by atoms with Crippen LogP contribution >= 0.6 is 11.8 Å². The van der Waals surface area contributed by atoms with E-state index in [1.54, 1.807) is 30.0 Å². The van der Waals surface area contributed by atoms with Gasteiger partial charge in [-0.25, -0.2) is 0 Å². The molecule has 0 bridgehead atoms. The molecule has 27 heavy (non-hydrogen) atoms. The largest absolute Gasteiger partial charge is 0.496 e. The van der Waals surface area contributed by atoms with Gasteiger partial charge in [0.1, 0.15) is 23.2 Å². The van der Waals surface area contributed by atoms with Crippen molar-refractivity contribution in [2.75, 3.05) is 19.7 Å². The first kappa shape index (κ1) is 17.7. The summed E-state index contributed by atoms with van der Waals surface area (Å²) in [6.45, 7) is 1.26. The Bertz CT molecular complexity index is 917. The normalized spacial score (nSPS) is 22.4. The Kier molecular flexibility index (Phi) is 4.92. The van der Waals surface area contributed by atoms with Crippen LogP contribution < -0.4 is 9.64 Å². The number of hydrogen-bond acceptors (Lipinski definition) is 5.